The van der Waals surface area contributed by atoms with E-state index in [1.807, 2.05) is 44.2 Å². The molecule has 0 radical (unpaired) electrons. The van der Waals surface area contributed by atoms with E-state index in [0.717, 1.165) is 15.9 Å². The van der Waals surface area contributed by atoms with Crippen LogP contribution in [0.25, 0.3) is 0 Å². The summed E-state index contributed by atoms with van der Waals surface area (Å²) < 4.78 is 28.9. The first-order valence-electron chi connectivity index (χ1n) is 14.6. The van der Waals surface area contributed by atoms with Gasteiger partial charge < -0.3 is 10.2 Å². The van der Waals surface area contributed by atoms with E-state index < -0.39 is 39.3 Å². The van der Waals surface area contributed by atoms with Crippen molar-refractivity contribution in [2.45, 2.75) is 37.8 Å². The Morgan fingerprint density at radius 2 is 1.50 bits per heavy atom. The zero-order valence-corrected chi connectivity index (χ0v) is 27.0. The van der Waals surface area contributed by atoms with Crippen LogP contribution >= 0.6 is 11.6 Å². The summed E-state index contributed by atoms with van der Waals surface area (Å²) in [7, 11) is -4.38. The van der Waals surface area contributed by atoms with Crippen LogP contribution in [0, 0.1) is 16.0 Å². The lowest BCUT2D eigenvalue weighted by molar-refractivity contribution is -0.384. The van der Waals surface area contributed by atoms with Gasteiger partial charge in [-0.25, -0.2) is 8.42 Å². The second-order valence-electron chi connectivity index (χ2n) is 11.1. The molecule has 1 atom stereocenters. The summed E-state index contributed by atoms with van der Waals surface area (Å²) in [5.41, 5.74) is 1.06. The van der Waals surface area contributed by atoms with Gasteiger partial charge in [-0.15, -0.1) is 0 Å². The van der Waals surface area contributed by atoms with Crippen LogP contribution in [0.3, 0.4) is 0 Å². The number of amides is 2. The highest BCUT2D eigenvalue weighted by atomic mass is 35.5. The largest absolute Gasteiger partial charge is 0.354 e. The summed E-state index contributed by atoms with van der Waals surface area (Å²) in [6, 6.07) is 27.6. The normalized spacial score (nSPS) is 11.9. The van der Waals surface area contributed by atoms with E-state index in [9.17, 15) is 28.1 Å². The summed E-state index contributed by atoms with van der Waals surface area (Å²) in [6.45, 7) is 3.52. The van der Waals surface area contributed by atoms with Crippen LogP contribution in [-0.2, 0) is 32.6 Å². The first-order chi connectivity index (χ1) is 22.0. The minimum Gasteiger partial charge on any atom is -0.354 e. The fraction of sp³-hybridized carbons (Fsp3) is 0.235. The molecule has 0 unspecified atom stereocenters. The third-order valence-corrected chi connectivity index (χ3v) is 9.20. The zero-order valence-electron chi connectivity index (χ0n) is 25.5. The monoisotopic (exact) mass is 662 g/mol. The molecule has 1 N–H and O–H groups in total. The SMILES string of the molecule is CC(C)CNC(=O)[C@H](Cc1ccccc1)N(Cc1ccc(Cl)cc1)C(=O)CN(c1cccc([N+](=O)[O-])c1)S(=O)(=O)c1ccccc1. The van der Waals surface area contributed by atoms with Crippen molar-refractivity contribution < 1.29 is 22.9 Å². The maximum atomic E-state index is 14.4. The van der Waals surface area contributed by atoms with E-state index in [1.165, 1.54) is 35.2 Å². The molecule has 0 aliphatic rings. The molecule has 2 amide bonds. The molecule has 0 aliphatic heterocycles. The third-order valence-electron chi connectivity index (χ3n) is 7.16. The predicted octanol–water partition coefficient (Wildman–Crippen LogP) is 5.86. The summed E-state index contributed by atoms with van der Waals surface area (Å²) in [4.78, 5) is 40.5. The molecule has 4 aromatic rings. The molecule has 10 nitrogen and oxygen atoms in total. The topological polar surface area (TPSA) is 130 Å². The number of halogens is 1. The Balaban J connectivity index is 1.82. The molecule has 0 aromatic heterocycles. The molecule has 0 spiro atoms. The molecule has 46 heavy (non-hydrogen) atoms. The van der Waals surface area contributed by atoms with Crippen molar-refractivity contribution in [1.82, 2.24) is 10.2 Å². The molecule has 240 valence electrons. The van der Waals surface area contributed by atoms with E-state index in [2.05, 4.69) is 5.32 Å². The molecular formula is C34H35ClN4O6S. The second-order valence-corrected chi connectivity index (χ2v) is 13.4. The Morgan fingerprint density at radius 1 is 0.870 bits per heavy atom. The number of carbonyl (C=O) groups is 2. The van der Waals surface area contributed by atoms with Gasteiger partial charge in [0.1, 0.15) is 12.6 Å². The smallest absolute Gasteiger partial charge is 0.271 e. The number of rotatable bonds is 14. The van der Waals surface area contributed by atoms with Crippen LogP contribution in [0.4, 0.5) is 11.4 Å². The Labute approximate surface area is 273 Å². The molecule has 0 saturated carbocycles. The van der Waals surface area contributed by atoms with E-state index in [1.54, 1.807) is 42.5 Å². The standard InChI is InChI=1S/C34H35ClN4O6S/c1-25(2)22-36-34(41)32(20-26-10-5-3-6-11-26)37(23-27-16-18-28(35)19-17-27)33(40)24-38(29-12-9-13-30(21-29)39(42)43)46(44,45)31-14-7-4-8-15-31/h3-19,21,25,32H,20,22-24H2,1-2H3,(H,36,41)/t32-/m0/s1. The molecule has 4 aromatic carbocycles. The van der Waals surface area contributed by atoms with Gasteiger partial charge in [0.25, 0.3) is 15.7 Å². The number of carbonyl (C=O) groups excluding carboxylic acids is 2. The lowest BCUT2D eigenvalue weighted by Gasteiger charge is -2.34. The second kappa shape index (κ2) is 15.5. The Kier molecular flexibility index (Phi) is 11.5. The van der Waals surface area contributed by atoms with E-state index in [0.29, 0.717) is 17.1 Å². The molecule has 12 heteroatoms. The number of hydrogen-bond acceptors (Lipinski definition) is 6. The van der Waals surface area contributed by atoms with Crippen LogP contribution in [-0.4, -0.2) is 49.2 Å². The Hall–Kier alpha value is -4.74. The third kappa shape index (κ3) is 8.92. The first-order valence-corrected chi connectivity index (χ1v) is 16.5. The van der Waals surface area contributed by atoms with E-state index in [-0.39, 0.29) is 35.2 Å². The van der Waals surface area contributed by atoms with Crippen molar-refractivity contribution in [3.05, 3.63) is 135 Å². The van der Waals surface area contributed by atoms with Crippen molar-refractivity contribution in [2.75, 3.05) is 17.4 Å². The molecular weight excluding hydrogens is 628 g/mol. The van der Waals surface area contributed by atoms with Crippen molar-refractivity contribution in [1.29, 1.82) is 0 Å². The van der Waals surface area contributed by atoms with Gasteiger partial charge in [0.15, 0.2) is 0 Å². The quantitative estimate of drug-likeness (QED) is 0.133. The van der Waals surface area contributed by atoms with Crippen molar-refractivity contribution in [3.8, 4) is 0 Å². The number of hydrogen-bond donors (Lipinski definition) is 1. The zero-order chi connectivity index (χ0) is 33.3. The maximum Gasteiger partial charge on any atom is 0.271 e. The van der Waals surface area contributed by atoms with Gasteiger partial charge in [0.05, 0.1) is 15.5 Å². The number of sulfonamides is 1. The van der Waals surface area contributed by atoms with Crippen LogP contribution in [0.15, 0.2) is 114 Å². The molecule has 0 saturated heterocycles. The number of nitrogens with zero attached hydrogens (tertiary/aromatic N) is 3. The first kappa shape index (κ1) is 34.1. The van der Waals surface area contributed by atoms with Crippen molar-refractivity contribution in [3.63, 3.8) is 0 Å². The molecule has 0 fully saturated rings. The fourth-order valence-electron chi connectivity index (χ4n) is 4.77. The highest BCUT2D eigenvalue weighted by Gasteiger charge is 2.35. The highest BCUT2D eigenvalue weighted by Crippen LogP contribution is 2.28. The number of anilines is 1. The number of non-ortho nitro benzene ring substituents is 1. The minimum atomic E-state index is -4.38. The minimum absolute atomic E-state index is 0.0310. The average molecular weight is 663 g/mol. The van der Waals surface area contributed by atoms with Gasteiger partial charge >= 0.3 is 0 Å². The number of nitrogens with one attached hydrogen (secondary N) is 1. The van der Waals surface area contributed by atoms with Gasteiger partial charge in [-0.3, -0.25) is 24.0 Å². The van der Waals surface area contributed by atoms with Crippen LogP contribution in [0.2, 0.25) is 5.02 Å². The van der Waals surface area contributed by atoms with E-state index >= 15 is 0 Å². The summed E-state index contributed by atoms with van der Waals surface area (Å²) in [6.07, 6.45) is 0.159. The van der Waals surface area contributed by atoms with Gasteiger partial charge in [0, 0.05) is 36.7 Å². The van der Waals surface area contributed by atoms with Crippen molar-refractivity contribution in [2.24, 2.45) is 5.92 Å². The van der Waals surface area contributed by atoms with Crippen LogP contribution in [0.5, 0.6) is 0 Å². The lowest BCUT2D eigenvalue weighted by Crippen LogP contribution is -2.53. The fourth-order valence-corrected chi connectivity index (χ4v) is 6.33. The molecule has 0 aliphatic carbocycles. The summed E-state index contributed by atoms with van der Waals surface area (Å²) >= 11 is 6.12. The van der Waals surface area contributed by atoms with Crippen molar-refractivity contribution >= 4 is 44.8 Å². The van der Waals surface area contributed by atoms with Crippen LogP contribution < -0.4 is 9.62 Å². The highest BCUT2D eigenvalue weighted by molar-refractivity contribution is 7.92. The van der Waals surface area contributed by atoms with Gasteiger partial charge in [-0.1, -0.05) is 92.2 Å². The molecule has 4 rings (SSSR count). The summed E-state index contributed by atoms with van der Waals surface area (Å²) in [5, 5.41) is 15.0. The lowest BCUT2D eigenvalue weighted by atomic mass is 10.0. The van der Waals surface area contributed by atoms with Crippen LogP contribution in [0.1, 0.15) is 25.0 Å². The molecule has 0 heterocycles. The van der Waals surface area contributed by atoms with Gasteiger partial charge in [-0.2, -0.15) is 0 Å². The van der Waals surface area contributed by atoms with Gasteiger partial charge in [0.2, 0.25) is 11.8 Å². The number of nitro benzene ring substituents is 1. The number of benzene rings is 4. The Morgan fingerprint density at radius 3 is 2.11 bits per heavy atom. The summed E-state index contributed by atoms with van der Waals surface area (Å²) in [5.74, 6) is -0.934. The molecule has 0 bridgehead atoms. The Bertz CT molecular complexity index is 1750. The average Bonchev–Trinajstić information content (AvgIpc) is 3.05. The number of nitro groups is 1. The predicted molar refractivity (Wildman–Crippen MR) is 178 cm³/mol. The van der Waals surface area contributed by atoms with E-state index in [4.69, 9.17) is 11.6 Å². The van der Waals surface area contributed by atoms with Gasteiger partial charge in [-0.05, 0) is 47.4 Å². The maximum absolute atomic E-state index is 14.4.